The van der Waals surface area contributed by atoms with E-state index in [0.29, 0.717) is 55.4 Å². The number of benzene rings is 1. The highest BCUT2D eigenvalue weighted by atomic mass is 35.5. The van der Waals surface area contributed by atoms with Crippen molar-refractivity contribution in [1.29, 1.82) is 5.26 Å². The summed E-state index contributed by atoms with van der Waals surface area (Å²) in [5.74, 6) is 0.839. The summed E-state index contributed by atoms with van der Waals surface area (Å²) in [4.78, 5) is 11.5. The van der Waals surface area contributed by atoms with Crippen LogP contribution in [0, 0.1) is 16.5 Å². The molecule has 11 heteroatoms. The lowest BCUT2D eigenvalue weighted by molar-refractivity contribution is -0.620. The summed E-state index contributed by atoms with van der Waals surface area (Å²) in [6.45, 7) is 0. The highest BCUT2D eigenvalue weighted by Crippen LogP contribution is 2.46. The van der Waals surface area contributed by atoms with E-state index in [-0.39, 0.29) is 28.9 Å². The number of nitriles is 1. The average Bonchev–Trinajstić information content (AvgIpc) is 3.45. The number of ether oxygens (including phenoxy) is 1. The topological polar surface area (TPSA) is 148 Å². The highest BCUT2D eigenvalue weighted by Gasteiger charge is 2.50. The Morgan fingerprint density at radius 3 is 2.74 bits per heavy atom. The van der Waals surface area contributed by atoms with E-state index in [1.165, 1.54) is 13.3 Å². The molecule has 0 fully saturated rings. The fraction of sp³-hybridized carbons (Fsp3) is 0.167. The second-order valence-corrected chi connectivity index (χ2v) is 8.89. The SMILES string of the molecule is COc1c(-c2cc(Cl)ccc2C#N)c[n+]([O-])c2c1CCC2(O)c1nc(-c2ccc(N)nc2Cl)c[nH]1. The highest BCUT2D eigenvalue weighted by molar-refractivity contribution is 6.32. The number of halogens is 2. The number of H-pyrrole nitrogens is 1. The maximum Gasteiger partial charge on any atom is 0.239 e. The van der Waals surface area contributed by atoms with Gasteiger partial charge in [0.05, 0.1) is 35.6 Å². The number of aromatic amines is 1. The molecular weight excluding hydrogens is 491 g/mol. The van der Waals surface area contributed by atoms with E-state index in [1.54, 1.807) is 36.5 Å². The van der Waals surface area contributed by atoms with Crippen molar-refractivity contribution in [3.8, 4) is 34.2 Å². The molecule has 1 aliphatic carbocycles. The lowest BCUT2D eigenvalue weighted by atomic mass is 9.96. The van der Waals surface area contributed by atoms with Crippen molar-refractivity contribution in [2.75, 3.05) is 12.8 Å². The Hall–Kier alpha value is -3.84. The number of pyridine rings is 2. The van der Waals surface area contributed by atoms with Crippen LogP contribution in [0.25, 0.3) is 22.4 Å². The van der Waals surface area contributed by atoms with Gasteiger partial charge in [-0.2, -0.15) is 9.99 Å². The molecule has 1 unspecified atom stereocenters. The van der Waals surface area contributed by atoms with Crippen LogP contribution in [0.4, 0.5) is 5.82 Å². The average molecular weight is 509 g/mol. The van der Waals surface area contributed by atoms with Gasteiger partial charge in [0.1, 0.15) is 22.5 Å². The van der Waals surface area contributed by atoms with E-state index in [4.69, 9.17) is 33.7 Å². The summed E-state index contributed by atoms with van der Waals surface area (Å²) in [5, 5.41) is 35.1. The quantitative estimate of drug-likeness (QED) is 0.216. The molecule has 0 radical (unpaired) electrons. The summed E-state index contributed by atoms with van der Waals surface area (Å²) < 4.78 is 6.28. The van der Waals surface area contributed by atoms with E-state index in [9.17, 15) is 15.6 Å². The van der Waals surface area contributed by atoms with Gasteiger partial charge in [0, 0.05) is 22.3 Å². The number of hydrogen-bond donors (Lipinski definition) is 3. The third-order valence-electron chi connectivity index (χ3n) is 6.11. The summed E-state index contributed by atoms with van der Waals surface area (Å²) in [5.41, 5.74) is 6.76. The molecule has 0 aliphatic heterocycles. The van der Waals surface area contributed by atoms with Crippen LogP contribution >= 0.6 is 23.2 Å². The molecule has 0 saturated carbocycles. The largest absolute Gasteiger partial charge is 0.618 e. The Kier molecular flexibility index (Phi) is 5.52. The number of aromatic nitrogens is 4. The molecular formula is C24H18Cl2N6O3. The summed E-state index contributed by atoms with van der Waals surface area (Å²) >= 11 is 12.4. The molecule has 176 valence electrons. The minimum absolute atomic E-state index is 0.0982. The third kappa shape index (κ3) is 3.63. The predicted molar refractivity (Wildman–Crippen MR) is 130 cm³/mol. The first-order valence-electron chi connectivity index (χ1n) is 10.5. The predicted octanol–water partition coefficient (Wildman–Crippen LogP) is 3.72. The van der Waals surface area contributed by atoms with Gasteiger partial charge in [-0.15, -0.1) is 0 Å². The van der Waals surface area contributed by atoms with Crippen LogP contribution in [-0.4, -0.2) is 27.2 Å². The first kappa shape index (κ1) is 22.9. The van der Waals surface area contributed by atoms with Crippen molar-refractivity contribution in [3.63, 3.8) is 0 Å². The number of nitrogens with zero attached hydrogens (tertiary/aromatic N) is 4. The van der Waals surface area contributed by atoms with E-state index in [1.807, 2.05) is 0 Å². The molecule has 0 saturated heterocycles. The second-order valence-electron chi connectivity index (χ2n) is 8.10. The Bertz CT molecular complexity index is 1530. The number of nitrogens with two attached hydrogens (primary N) is 1. The van der Waals surface area contributed by atoms with Crippen LogP contribution in [0.1, 0.15) is 29.1 Å². The third-order valence-corrected chi connectivity index (χ3v) is 6.64. The van der Waals surface area contributed by atoms with Gasteiger partial charge >= 0.3 is 0 Å². The Morgan fingerprint density at radius 2 is 2.03 bits per heavy atom. The Labute approximate surface area is 209 Å². The monoisotopic (exact) mass is 508 g/mol. The summed E-state index contributed by atoms with van der Waals surface area (Å²) in [6.07, 6.45) is 3.39. The fourth-order valence-electron chi connectivity index (χ4n) is 4.54. The van der Waals surface area contributed by atoms with E-state index < -0.39 is 5.60 Å². The first-order chi connectivity index (χ1) is 16.8. The van der Waals surface area contributed by atoms with Crippen molar-refractivity contribution in [2.45, 2.75) is 18.4 Å². The van der Waals surface area contributed by atoms with Crippen molar-refractivity contribution in [3.05, 3.63) is 80.8 Å². The zero-order valence-corrected chi connectivity index (χ0v) is 19.9. The van der Waals surface area contributed by atoms with Gasteiger partial charge < -0.3 is 25.8 Å². The van der Waals surface area contributed by atoms with Crippen LogP contribution < -0.4 is 15.2 Å². The lowest BCUT2D eigenvalue weighted by Gasteiger charge is -2.21. The van der Waals surface area contributed by atoms with Crippen molar-refractivity contribution < 1.29 is 14.6 Å². The molecule has 0 amide bonds. The standard InChI is InChI=1S/C24H18Cl2N6O3/c1-35-20-15-6-7-24(33,23-29-10-18(30-23)14-4-5-19(28)31-22(14)26)21(15)32(34)11-17(20)16-8-13(25)3-2-12(16)9-27/h2-5,8,10-11,33H,6-7H2,1H3,(H2,28,31)(H,29,30). The minimum atomic E-state index is -1.71. The smallest absolute Gasteiger partial charge is 0.239 e. The number of nitrogens with one attached hydrogen (secondary N) is 1. The van der Waals surface area contributed by atoms with Gasteiger partial charge in [0.25, 0.3) is 0 Å². The molecule has 0 spiro atoms. The molecule has 5 rings (SSSR count). The Balaban J connectivity index is 1.65. The van der Waals surface area contributed by atoms with Crippen LogP contribution in [0.3, 0.4) is 0 Å². The number of rotatable bonds is 4. The number of nitrogen functional groups attached to an aromatic ring is 1. The van der Waals surface area contributed by atoms with Gasteiger partial charge in [-0.1, -0.05) is 23.2 Å². The Morgan fingerprint density at radius 1 is 1.23 bits per heavy atom. The summed E-state index contributed by atoms with van der Waals surface area (Å²) in [7, 11) is 1.48. The van der Waals surface area contributed by atoms with Crippen molar-refractivity contribution in [1.82, 2.24) is 15.0 Å². The van der Waals surface area contributed by atoms with Crippen molar-refractivity contribution in [2.24, 2.45) is 0 Å². The van der Waals surface area contributed by atoms with Crippen LogP contribution in [0.2, 0.25) is 10.2 Å². The zero-order valence-electron chi connectivity index (χ0n) is 18.3. The normalized spacial score (nSPS) is 16.7. The fourth-order valence-corrected chi connectivity index (χ4v) is 4.96. The number of aliphatic hydroxyl groups is 1. The molecule has 0 bridgehead atoms. The molecule has 3 aromatic heterocycles. The zero-order chi connectivity index (χ0) is 24.9. The number of imidazole rings is 1. The maximum atomic E-state index is 13.3. The number of anilines is 1. The van der Waals surface area contributed by atoms with E-state index >= 15 is 0 Å². The van der Waals surface area contributed by atoms with Gasteiger partial charge in [-0.25, -0.2) is 9.97 Å². The van der Waals surface area contributed by atoms with Crippen LogP contribution in [-0.2, 0) is 12.0 Å². The molecule has 1 atom stereocenters. The van der Waals surface area contributed by atoms with E-state index in [2.05, 4.69) is 21.0 Å². The van der Waals surface area contributed by atoms with Gasteiger partial charge in [0.15, 0.2) is 6.20 Å². The molecule has 3 heterocycles. The van der Waals surface area contributed by atoms with Crippen molar-refractivity contribution >= 4 is 29.0 Å². The van der Waals surface area contributed by atoms with Crippen LogP contribution in [0.15, 0.2) is 42.7 Å². The molecule has 4 aromatic rings. The van der Waals surface area contributed by atoms with E-state index in [0.717, 1.165) is 0 Å². The van der Waals surface area contributed by atoms with Gasteiger partial charge in [-0.3, -0.25) is 0 Å². The maximum absolute atomic E-state index is 13.3. The molecule has 35 heavy (non-hydrogen) atoms. The second kappa shape index (κ2) is 8.43. The lowest BCUT2D eigenvalue weighted by Crippen LogP contribution is -2.42. The van der Waals surface area contributed by atoms with Gasteiger partial charge in [0.2, 0.25) is 11.3 Å². The number of methoxy groups -OCH3 is 1. The molecule has 1 aromatic carbocycles. The van der Waals surface area contributed by atoms with Gasteiger partial charge in [-0.05, 0) is 43.2 Å². The summed E-state index contributed by atoms with van der Waals surface area (Å²) in [6, 6.07) is 10.2. The number of fused-ring (bicyclic) bond motifs is 1. The molecule has 1 aliphatic rings. The number of hydrogen-bond acceptors (Lipinski definition) is 7. The molecule has 9 nitrogen and oxygen atoms in total. The van der Waals surface area contributed by atoms with Crippen LogP contribution in [0.5, 0.6) is 5.75 Å². The first-order valence-corrected chi connectivity index (χ1v) is 11.3. The molecule has 4 N–H and O–H groups in total. The minimum Gasteiger partial charge on any atom is -0.618 e.